The highest BCUT2D eigenvalue weighted by Gasteiger charge is 2.30. The third-order valence-corrected chi connectivity index (χ3v) is 12.9. The van der Waals surface area contributed by atoms with Crippen LogP contribution in [0.25, 0.3) is 0 Å². The summed E-state index contributed by atoms with van der Waals surface area (Å²) in [6.45, 7) is 0. The topological polar surface area (TPSA) is 9.72 Å². The number of anilines is 9. The largest absolute Gasteiger partial charge is 0.311 e. The highest BCUT2D eigenvalue weighted by molar-refractivity contribution is 6.18. The molecule has 9 aromatic carbocycles. The van der Waals surface area contributed by atoms with Crippen LogP contribution in [-0.4, -0.2) is 10.2 Å². The Morgan fingerprint density at radius 3 is 0.683 bits per heavy atom. The van der Waals surface area contributed by atoms with Crippen molar-refractivity contribution < 1.29 is 0 Å². The first-order chi connectivity index (χ1) is 29.6. The SMILES string of the molecule is [SiH3]C(Cc1ccc(N(c2ccccc2)c2ccccc2)cc1)(c1ccc(N(c2ccccc2)c2ccccc2)cc1)c1ccc(N(c2ccccc2)c2ccccc2)cc1. The molecule has 0 aromatic heterocycles. The van der Waals surface area contributed by atoms with Gasteiger partial charge in [-0.3, -0.25) is 0 Å². The number of rotatable bonds is 13. The van der Waals surface area contributed by atoms with Crippen molar-refractivity contribution in [1.29, 1.82) is 0 Å². The van der Waals surface area contributed by atoms with Gasteiger partial charge in [-0.2, -0.15) is 0 Å². The van der Waals surface area contributed by atoms with Crippen molar-refractivity contribution in [1.82, 2.24) is 0 Å². The van der Waals surface area contributed by atoms with Gasteiger partial charge in [-0.15, -0.1) is 0 Å². The van der Waals surface area contributed by atoms with E-state index < -0.39 is 0 Å². The van der Waals surface area contributed by atoms with Crippen molar-refractivity contribution in [2.45, 2.75) is 11.5 Å². The lowest BCUT2D eigenvalue weighted by molar-refractivity contribution is 0.719. The molecule has 0 amide bonds. The molecule has 0 N–H and O–H groups in total. The fourth-order valence-electron chi connectivity index (χ4n) is 8.30. The summed E-state index contributed by atoms with van der Waals surface area (Å²) in [4.78, 5) is 6.99. The van der Waals surface area contributed by atoms with Crippen LogP contribution in [0.15, 0.2) is 255 Å². The Morgan fingerprint density at radius 1 is 0.250 bits per heavy atom. The monoisotopic (exact) mass is 789 g/mol. The minimum atomic E-state index is -0.216. The van der Waals surface area contributed by atoms with Crippen LogP contribution >= 0.6 is 0 Å². The summed E-state index contributed by atoms with van der Waals surface area (Å²) < 4.78 is 0. The summed E-state index contributed by atoms with van der Waals surface area (Å²) in [7, 11) is 0.887. The molecule has 9 rings (SSSR count). The lowest BCUT2D eigenvalue weighted by Gasteiger charge is -2.34. The average Bonchev–Trinajstić information content (AvgIpc) is 3.32. The molecule has 0 atom stereocenters. The van der Waals surface area contributed by atoms with Gasteiger partial charge in [0.15, 0.2) is 0 Å². The molecule has 0 spiro atoms. The van der Waals surface area contributed by atoms with Crippen LogP contribution in [0.5, 0.6) is 0 Å². The second-order valence-electron chi connectivity index (χ2n) is 15.3. The molecule has 0 saturated heterocycles. The van der Waals surface area contributed by atoms with E-state index in [4.69, 9.17) is 0 Å². The fraction of sp³-hybridized carbons (Fsp3) is 0.0357. The maximum absolute atomic E-state index is 2.36. The number of nitrogens with zero attached hydrogens (tertiary/aromatic N) is 3. The van der Waals surface area contributed by atoms with E-state index >= 15 is 0 Å². The summed E-state index contributed by atoms with van der Waals surface area (Å²) in [5.41, 5.74) is 14.1. The fourth-order valence-corrected chi connectivity index (χ4v) is 9.38. The van der Waals surface area contributed by atoms with Gasteiger partial charge in [-0.1, -0.05) is 146 Å². The highest BCUT2D eigenvalue weighted by Crippen LogP contribution is 2.41. The van der Waals surface area contributed by atoms with Gasteiger partial charge >= 0.3 is 0 Å². The average molecular weight is 790 g/mol. The van der Waals surface area contributed by atoms with Gasteiger partial charge in [-0.25, -0.2) is 0 Å². The van der Waals surface area contributed by atoms with Gasteiger partial charge in [0.1, 0.15) is 0 Å². The van der Waals surface area contributed by atoms with E-state index in [1.165, 1.54) is 16.7 Å². The first kappa shape index (κ1) is 38.1. The van der Waals surface area contributed by atoms with E-state index in [1.807, 2.05) is 0 Å². The predicted octanol–water partition coefficient (Wildman–Crippen LogP) is 13.9. The van der Waals surface area contributed by atoms with Crippen LogP contribution in [0.2, 0.25) is 0 Å². The third-order valence-electron chi connectivity index (χ3n) is 11.4. The van der Waals surface area contributed by atoms with Crippen LogP contribution in [0.1, 0.15) is 16.7 Å². The number of para-hydroxylation sites is 6. The van der Waals surface area contributed by atoms with Crippen molar-refractivity contribution in [3.05, 3.63) is 271 Å². The molecule has 0 radical (unpaired) electrons. The zero-order chi connectivity index (χ0) is 40.6. The summed E-state index contributed by atoms with van der Waals surface area (Å²) in [5, 5.41) is -0.216. The minimum absolute atomic E-state index is 0.216. The van der Waals surface area contributed by atoms with Crippen molar-refractivity contribution in [3.8, 4) is 0 Å². The number of hydrogen-bond donors (Lipinski definition) is 0. The third kappa shape index (κ3) is 8.15. The first-order valence-electron chi connectivity index (χ1n) is 20.6. The molecule has 3 nitrogen and oxygen atoms in total. The summed E-state index contributed by atoms with van der Waals surface area (Å²) in [6, 6.07) is 91.6. The molecule has 290 valence electrons. The molecular formula is C56H47N3Si. The molecule has 0 heterocycles. The van der Waals surface area contributed by atoms with Crippen LogP contribution in [0.3, 0.4) is 0 Å². The smallest absolute Gasteiger partial charge is 0.0461 e. The van der Waals surface area contributed by atoms with Crippen LogP contribution < -0.4 is 14.7 Å². The molecule has 0 unspecified atom stereocenters. The number of hydrogen-bond acceptors (Lipinski definition) is 3. The van der Waals surface area contributed by atoms with E-state index in [9.17, 15) is 0 Å². The highest BCUT2D eigenvalue weighted by atomic mass is 28.1. The Kier molecular flexibility index (Phi) is 11.2. The molecule has 0 saturated carbocycles. The number of benzene rings is 9. The van der Waals surface area contributed by atoms with Crippen molar-refractivity contribution in [2.24, 2.45) is 0 Å². The molecule has 9 aromatic rings. The molecular weight excluding hydrogens is 743 g/mol. The van der Waals surface area contributed by atoms with E-state index in [0.717, 1.165) is 67.8 Å². The zero-order valence-electron chi connectivity index (χ0n) is 33.8. The Bertz CT molecular complexity index is 2450. The molecule has 0 aliphatic carbocycles. The van der Waals surface area contributed by atoms with Crippen LogP contribution in [0, 0.1) is 0 Å². The van der Waals surface area contributed by atoms with E-state index in [0.29, 0.717) is 0 Å². The second-order valence-corrected chi connectivity index (χ2v) is 17.0. The summed E-state index contributed by atoms with van der Waals surface area (Å²) in [6.07, 6.45) is 0.872. The first-order valence-corrected chi connectivity index (χ1v) is 21.6. The molecule has 0 bridgehead atoms. The van der Waals surface area contributed by atoms with Gasteiger partial charge in [0, 0.05) is 66.5 Å². The normalized spacial score (nSPS) is 11.2. The van der Waals surface area contributed by atoms with Gasteiger partial charge in [0.25, 0.3) is 0 Å². The lowest BCUT2D eigenvalue weighted by atomic mass is 9.84. The van der Waals surface area contributed by atoms with Crippen molar-refractivity contribution >= 4 is 61.4 Å². The molecule has 0 aliphatic rings. The Labute approximate surface area is 357 Å². The molecule has 0 aliphatic heterocycles. The standard InChI is InChI=1S/C56H47N3Si/c60-56(45-33-39-54(40-34-45)58(49-23-11-3-12-24-49)50-25-13-4-14-26-50,46-35-41-55(42-36-46)59(51-27-15-5-16-28-51)52-29-17-6-18-30-52)43-44-31-37-53(38-32-44)57(47-19-7-1-8-20-47)48-21-9-2-10-22-48/h1-42H,43H2,60H3. The van der Waals surface area contributed by atoms with Gasteiger partial charge in [0.2, 0.25) is 0 Å². The summed E-state index contributed by atoms with van der Waals surface area (Å²) in [5.74, 6) is 0. The maximum Gasteiger partial charge on any atom is 0.0461 e. The van der Waals surface area contributed by atoms with Gasteiger partial charge < -0.3 is 14.7 Å². The Morgan fingerprint density at radius 2 is 0.450 bits per heavy atom. The van der Waals surface area contributed by atoms with Gasteiger partial charge in [-0.05, 0) is 132 Å². The Hall–Kier alpha value is -7.40. The Balaban J connectivity index is 1.11. The molecule has 60 heavy (non-hydrogen) atoms. The zero-order valence-corrected chi connectivity index (χ0v) is 35.8. The van der Waals surface area contributed by atoms with Crippen molar-refractivity contribution in [3.63, 3.8) is 0 Å². The predicted molar refractivity (Wildman–Crippen MR) is 258 cm³/mol. The summed E-state index contributed by atoms with van der Waals surface area (Å²) >= 11 is 0. The van der Waals surface area contributed by atoms with E-state index in [2.05, 4.69) is 269 Å². The maximum atomic E-state index is 2.36. The molecule has 4 heteroatoms. The lowest BCUT2D eigenvalue weighted by Crippen LogP contribution is -2.31. The minimum Gasteiger partial charge on any atom is -0.311 e. The van der Waals surface area contributed by atoms with Gasteiger partial charge in [0.05, 0.1) is 0 Å². The second kappa shape index (κ2) is 17.6. The van der Waals surface area contributed by atoms with Crippen molar-refractivity contribution in [2.75, 3.05) is 14.7 Å². The van der Waals surface area contributed by atoms with Crippen LogP contribution in [-0.2, 0) is 11.5 Å². The molecule has 0 fully saturated rings. The van der Waals surface area contributed by atoms with Crippen LogP contribution in [0.4, 0.5) is 51.2 Å². The van der Waals surface area contributed by atoms with E-state index in [-0.39, 0.29) is 5.04 Å². The van der Waals surface area contributed by atoms with E-state index in [1.54, 1.807) is 0 Å². The quantitative estimate of drug-likeness (QED) is 0.108.